The molecule has 0 amide bonds. The fraction of sp³-hybridized carbons (Fsp3) is 0.400. The van der Waals surface area contributed by atoms with Gasteiger partial charge < -0.3 is 5.32 Å². The zero-order valence-electron chi connectivity index (χ0n) is 11.0. The van der Waals surface area contributed by atoms with E-state index < -0.39 is 0 Å². The van der Waals surface area contributed by atoms with E-state index in [1.54, 1.807) is 0 Å². The van der Waals surface area contributed by atoms with E-state index in [1.807, 2.05) is 24.2 Å². The van der Waals surface area contributed by atoms with Crippen LogP contribution in [0.25, 0.3) is 10.8 Å². The standard InChI is InChI=1S/C15H20N2S/c1-3-17-15(11-18-4-2)14-10-16-9-12-7-5-6-8-13(12)14/h5-10,15,17H,3-4,11H2,1-2H3. The Hall–Kier alpha value is -1.06. The van der Waals surface area contributed by atoms with Crippen LogP contribution in [0.4, 0.5) is 0 Å². The fourth-order valence-electron chi connectivity index (χ4n) is 2.16. The molecule has 0 saturated carbocycles. The van der Waals surface area contributed by atoms with E-state index in [4.69, 9.17) is 0 Å². The molecule has 1 aromatic heterocycles. The van der Waals surface area contributed by atoms with Gasteiger partial charge in [0.25, 0.3) is 0 Å². The van der Waals surface area contributed by atoms with Gasteiger partial charge in [-0.15, -0.1) is 0 Å². The Balaban J connectivity index is 2.36. The molecule has 2 nitrogen and oxygen atoms in total. The molecule has 1 aromatic carbocycles. The van der Waals surface area contributed by atoms with Crippen molar-refractivity contribution in [3.8, 4) is 0 Å². The van der Waals surface area contributed by atoms with Gasteiger partial charge in [0.05, 0.1) is 0 Å². The maximum atomic E-state index is 4.37. The van der Waals surface area contributed by atoms with Crippen LogP contribution in [0.5, 0.6) is 0 Å². The zero-order valence-corrected chi connectivity index (χ0v) is 11.8. The topological polar surface area (TPSA) is 24.9 Å². The minimum absolute atomic E-state index is 0.388. The van der Waals surface area contributed by atoms with E-state index >= 15 is 0 Å². The van der Waals surface area contributed by atoms with Gasteiger partial charge in [0, 0.05) is 29.6 Å². The number of fused-ring (bicyclic) bond motifs is 1. The van der Waals surface area contributed by atoms with Crippen molar-refractivity contribution in [2.75, 3.05) is 18.1 Å². The van der Waals surface area contributed by atoms with Gasteiger partial charge in [-0.05, 0) is 23.2 Å². The van der Waals surface area contributed by atoms with Gasteiger partial charge in [-0.3, -0.25) is 4.98 Å². The number of hydrogen-bond acceptors (Lipinski definition) is 3. The SMILES string of the molecule is CCNC(CSCC)c1cncc2ccccc12. The van der Waals surface area contributed by atoms with Crippen LogP contribution in [0.15, 0.2) is 36.7 Å². The van der Waals surface area contributed by atoms with Crippen molar-refractivity contribution in [2.24, 2.45) is 0 Å². The van der Waals surface area contributed by atoms with Gasteiger partial charge in [-0.25, -0.2) is 0 Å². The third-order valence-electron chi connectivity index (χ3n) is 3.01. The van der Waals surface area contributed by atoms with Crippen LogP contribution in [0, 0.1) is 0 Å². The Morgan fingerprint density at radius 1 is 1.22 bits per heavy atom. The van der Waals surface area contributed by atoms with Crippen LogP contribution in [-0.2, 0) is 0 Å². The first-order valence-electron chi connectivity index (χ1n) is 6.50. The second kappa shape index (κ2) is 6.76. The minimum Gasteiger partial charge on any atom is -0.309 e. The third kappa shape index (κ3) is 3.03. The predicted octanol–water partition coefficient (Wildman–Crippen LogP) is 3.64. The Morgan fingerprint density at radius 2 is 2.06 bits per heavy atom. The number of aromatic nitrogens is 1. The lowest BCUT2D eigenvalue weighted by Crippen LogP contribution is -2.23. The zero-order chi connectivity index (χ0) is 12.8. The smallest absolute Gasteiger partial charge is 0.0433 e. The summed E-state index contributed by atoms with van der Waals surface area (Å²) in [6.45, 7) is 5.34. The van der Waals surface area contributed by atoms with Crippen LogP contribution in [0.2, 0.25) is 0 Å². The van der Waals surface area contributed by atoms with Crippen LogP contribution in [0.1, 0.15) is 25.5 Å². The van der Waals surface area contributed by atoms with E-state index in [0.717, 1.165) is 18.1 Å². The lowest BCUT2D eigenvalue weighted by Gasteiger charge is -2.19. The summed E-state index contributed by atoms with van der Waals surface area (Å²) in [6.07, 6.45) is 3.95. The first-order chi connectivity index (χ1) is 8.86. The van der Waals surface area contributed by atoms with Gasteiger partial charge >= 0.3 is 0 Å². The molecule has 2 aromatic rings. The highest BCUT2D eigenvalue weighted by Gasteiger charge is 2.13. The van der Waals surface area contributed by atoms with Gasteiger partial charge in [0.2, 0.25) is 0 Å². The average Bonchev–Trinajstić information content (AvgIpc) is 2.43. The highest BCUT2D eigenvalue weighted by atomic mass is 32.2. The van der Waals surface area contributed by atoms with Crippen LogP contribution < -0.4 is 5.32 Å². The molecule has 1 unspecified atom stereocenters. The molecular weight excluding hydrogens is 240 g/mol. The molecule has 0 fully saturated rings. The van der Waals surface area contributed by atoms with Crippen molar-refractivity contribution in [2.45, 2.75) is 19.9 Å². The minimum atomic E-state index is 0.388. The Labute approximate surface area is 113 Å². The van der Waals surface area contributed by atoms with Crippen molar-refractivity contribution in [1.29, 1.82) is 0 Å². The van der Waals surface area contributed by atoms with Crippen LogP contribution in [-0.4, -0.2) is 23.0 Å². The fourth-order valence-corrected chi connectivity index (χ4v) is 2.93. The van der Waals surface area contributed by atoms with E-state index in [1.165, 1.54) is 16.3 Å². The molecule has 0 bridgehead atoms. The molecule has 0 radical (unpaired) electrons. The maximum Gasteiger partial charge on any atom is 0.0433 e. The normalized spacial score (nSPS) is 12.8. The van der Waals surface area contributed by atoms with Gasteiger partial charge in [-0.2, -0.15) is 11.8 Å². The molecule has 0 spiro atoms. The number of rotatable bonds is 6. The number of benzene rings is 1. The summed E-state index contributed by atoms with van der Waals surface area (Å²) >= 11 is 1.97. The van der Waals surface area contributed by atoms with E-state index in [0.29, 0.717) is 6.04 Å². The first kappa shape index (κ1) is 13.4. The van der Waals surface area contributed by atoms with Gasteiger partial charge in [0.1, 0.15) is 0 Å². The van der Waals surface area contributed by atoms with Crippen molar-refractivity contribution in [3.63, 3.8) is 0 Å². The summed E-state index contributed by atoms with van der Waals surface area (Å²) in [5.41, 5.74) is 1.32. The molecular formula is C15H20N2S. The van der Waals surface area contributed by atoms with Crippen LogP contribution >= 0.6 is 11.8 Å². The molecule has 1 N–H and O–H groups in total. The Morgan fingerprint density at radius 3 is 2.83 bits per heavy atom. The number of pyridine rings is 1. The molecule has 18 heavy (non-hydrogen) atoms. The summed E-state index contributed by atoms with van der Waals surface area (Å²) < 4.78 is 0. The number of nitrogens with zero attached hydrogens (tertiary/aromatic N) is 1. The Kier molecular flexibility index (Phi) is 5.02. The second-order valence-corrected chi connectivity index (χ2v) is 5.54. The molecule has 1 heterocycles. The Bertz CT molecular complexity index is 493. The summed E-state index contributed by atoms with van der Waals surface area (Å²) in [6, 6.07) is 8.87. The van der Waals surface area contributed by atoms with Crippen molar-refractivity contribution in [1.82, 2.24) is 10.3 Å². The average molecular weight is 260 g/mol. The van der Waals surface area contributed by atoms with E-state index in [9.17, 15) is 0 Å². The highest BCUT2D eigenvalue weighted by molar-refractivity contribution is 7.99. The maximum absolute atomic E-state index is 4.37. The lowest BCUT2D eigenvalue weighted by atomic mass is 10.0. The lowest BCUT2D eigenvalue weighted by molar-refractivity contribution is 0.608. The third-order valence-corrected chi connectivity index (χ3v) is 3.99. The quantitative estimate of drug-likeness (QED) is 0.858. The molecule has 1 atom stereocenters. The predicted molar refractivity (Wildman–Crippen MR) is 81.2 cm³/mol. The summed E-state index contributed by atoms with van der Waals surface area (Å²) in [5.74, 6) is 2.25. The van der Waals surface area contributed by atoms with Crippen molar-refractivity contribution < 1.29 is 0 Å². The number of nitrogens with one attached hydrogen (secondary N) is 1. The largest absolute Gasteiger partial charge is 0.309 e. The highest BCUT2D eigenvalue weighted by Crippen LogP contribution is 2.25. The van der Waals surface area contributed by atoms with Gasteiger partial charge in [0.15, 0.2) is 0 Å². The summed E-state index contributed by atoms with van der Waals surface area (Å²) in [7, 11) is 0. The molecule has 2 rings (SSSR count). The monoisotopic (exact) mass is 260 g/mol. The number of hydrogen-bond donors (Lipinski definition) is 1. The van der Waals surface area contributed by atoms with Gasteiger partial charge in [-0.1, -0.05) is 38.1 Å². The molecule has 96 valence electrons. The first-order valence-corrected chi connectivity index (χ1v) is 7.66. The van der Waals surface area contributed by atoms with Crippen molar-refractivity contribution >= 4 is 22.5 Å². The molecule has 0 aliphatic rings. The molecule has 0 saturated heterocycles. The summed E-state index contributed by atoms with van der Waals surface area (Å²) in [5, 5.41) is 6.10. The second-order valence-electron chi connectivity index (χ2n) is 4.22. The van der Waals surface area contributed by atoms with Crippen molar-refractivity contribution in [3.05, 3.63) is 42.2 Å². The van der Waals surface area contributed by atoms with Crippen LogP contribution in [0.3, 0.4) is 0 Å². The molecule has 0 aliphatic carbocycles. The molecule has 0 aliphatic heterocycles. The van der Waals surface area contributed by atoms with E-state index in [-0.39, 0.29) is 0 Å². The van der Waals surface area contributed by atoms with E-state index in [2.05, 4.69) is 48.4 Å². The summed E-state index contributed by atoms with van der Waals surface area (Å²) in [4.78, 5) is 4.37. The molecule has 3 heteroatoms. The number of thioether (sulfide) groups is 1.